The maximum absolute atomic E-state index is 11.2. The van der Waals surface area contributed by atoms with Crippen molar-refractivity contribution in [3.05, 3.63) is 29.3 Å². The Hall–Kier alpha value is -1.59. The number of carbonyl (C=O) groups is 1. The number of hydrogen-bond acceptors (Lipinski definition) is 5. The Morgan fingerprint density at radius 3 is 3.06 bits per heavy atom. The summed E-state index contributed by atoms with van der Waals surface area (Å²) in [5, 5.41) is 9.73. The largest absolute Gasteiger partial charge is 0.508 e. The van der Waals surface area contributed by atoms with Gasteiger partial charge in [-0.1, -0.05) is 12.1 Å². The van der Waals surface area contributed by atoms with Crippen LogP contribution in [0.2, 0.25) is 0 Å². The van der Waals surface area contributed by atoms with Crippen LogP contribution in [0.25, 0.3) is 0 Å². The van der Waals surface area contributed by atoms with Gasteiger partial charge in [0.05, 0.1) is 12.7 Å². The zero-order chi connectivity index (χ0) is 13.1. The smallest absolute Gasteiger partial charge is 0.332 e. The molecule has 0 bridgehead atoms. The van der Waals surface area contributed by atoms with Crippen molar-refractivity contribution in [3.8, 4) is 5.75 Å². The van der Waals surface area contributed by atoms with E-state index in [1.165, 1.54) is 0 Å². The highest BCUT2D eigenvalue weighted by molar-refractivity contribution is 5.70. The number of carbonyl (C=O) groups excluding carboxylic acids is 1. The maximum Gasteiger partial charge on any atom is 0.332 e. The van der Waals surface area contributed by atoms with Gasteiger partial charge in [-0.05, 0) is 25.0 Å². The van der Waals surface area contributed by atoms with Gasteiger partial charge in [0.15, 0.2) is 0 Å². The topological polar surface area (TPSA) is 81.8 Å². The average Bonchev–Trinajstić information content (AvgIpc) is 2.65. The molecule has 1 aliphatic rings. The third kappa shape index (κ3) is 2.47. The number of aromatic hydroxyl groups is 1. The molecular weight excluding hydrogens is 234 g/mol. The first-order valence-electron chi connectivity index (χ1n) is 5.97. The predicted molar refractivity (Wildman–Crippen MR) is 65.1 cm³/mol. The third-order valence-electron chi connectivity index (χ3n) is 3.01. The molecule has 0 fully saturated rings. The van der Waals surface area contributed by atoms with Crippen LogP contribution >= 0.6 is 0 Å². The van der Waals surface area contributed by atoms with Gasteiger partial charge in [-0.25, -0.2) is 4.79 Å². The summed E-state index contributed by atoms with van der Waals surface area (Å²) in [5.74, 6) is -0.177. The fourth-order valence-corrected chi connectivity index (χ4v) is 2.23. The lowest BCUT2D eigenvalue weighted by Gasteiger charge is -2.17. The number of esters is 1. The van der Waals surface area contributed by atoms with Gasteiger partial charge < -0.3 is 20.3 Å². The summed E-state index contributed by atoms with van der Waals surface area (Å²) >= 11 is 0. The normalized spacial score (nSPS) is 21.7. The quantitative estimate of drug-likeness (QED) is 0.777. The highest BCUT2D eigenvalue weighted by Gasteiger charge is 2.32. The second kappa shape index (κ2) is 5.37. The molecule has 5 nitrogen and oxygen atoms in total. The number of hydrogen-bond donors (Lipinski definition) is 2. The van der Waals surface area contributed by atoms with Gasteiger partial charge in [0.2, 0.25) is 0 Å². The molecule has 0 spiro atoms. The molecular formula is C13H17NO4. The number of fused-ring (bicyclic) bond motifs is 1. The van der Waals surface area contributed by atoms with E-state index in [9.17, 15) is 9.90 Å². The first-order chi connectivity index (χ1) is 8.63. The highest BCUT2D eigenvalue weighted by Crippen LogP contribution is 2.37. The molecule has 5 heteroatoms. The molecule has 2 atom stereocenters. The highest BCUT2D eigenvalue weighted by atomic mass is 16.6. The number of rotatable bonds is 4. The van der Waals surface area contributed by atoms with Crippen molar-refractivity contribution in [3.63, 3.8) is 0 Å². The molecule has 18 heavy (non-hydrogen) atoms. The molecule has 0 amide bonds. The van der Waals surface area contributed by atoms with E-state index in [1.54, 1.807) is 19.1 Å². The van der Waals surface area contributed by atoms with Gasteiger partial charge in [0, 0.05) is 11.6 Å². The number of phenols is 1. The molecule has 98 valence electrons. The minimum absolute atomic E-state index is 0.124. The van der Waals surface area contributed by atoms with Crippen LogP contribution < -0.4 is 5.73 Å². The minimum Gasteiger partial charge on any atom is -0.508 e. The molecule has 3 N–H and O–H groups in total. The second-order valence-corrected chi connectivity index (χ2v) is 4.25. The van der Waals surface area contributed by atoms with Gasteiger partial charge in [-0.15, -0.1) is 0 Å². The molecule has 0 aromatic heterocycles. The first kappa shape index (κ1) is 12.9. The van der Waals surface area contributed by atoms with Gasteiger partial charge in [-0.3, -0.25) is 0 Å². The summed E-state index contributed by atoms with van der Waals surface area (Å²) in [5.41, 5.74) is 7.63. The van der Waals surface area contributed by atoms with Gasteiger partial charge >= 0.3 is 5.97 Å². The second-order valence-electron chi connectivity index (χ2n) is 4.25. The van der Waals surface area contributed by atoms with Crippen molar-refractivity contribution in [2.45, 2.75) is 25.5 Å². The molecule has 2 unspecified atom stereocenters. The van der Waals surface area contributed by atoms with Crippen molar-refractivity contribution in [2.24, 2.45) is 5.73 Å². The lowest BCUT2D eigenvalue weighted by atomic mass is 10.1. The maximum atomic E-state index is 11.2. The molecule has 1 aliphatic carbocycles. The standard InChI is InChI=1S/C13H17NO4/c1-2-17-12(16)7-18-13-8-4-3-5-11(15)9(8)6-10(13)14/h3-5,10,13,15H,2,6-7,14H2,1H3. The van der Waals surface area contributed by atoms with E-state index in [-0.39, 0.29) is 24.5 Å². The number of benzene rings is 1. The molecule has 1 aromatic carbocycles. The van der Waals surface area contributed by atoms with Crippen LogP contribution in [0.3, 0.4) is 0 Å². The number of nitrogens with two attached hydrogens (primary N) is 1. The van der Waals surface area contributed by atoms with E-state index >= 15 is 0 Å². The Kier molecular flexibility index (Phi) is 3.84. The van der Waals surface area contributed by atoms with Crippen molar-refractivity contribution < 1.29 is 19.4 Å². The van der Waals surface area contributed by atoms with E-state index < -0.39 is 5.97 Å². The van der Waals surface area contributed by atoms with Crippen molar-refractivity contribution in [2.75, 3.05) is 13.2 Å². The Labute approximate surface area is 106 Å². The lowest BCUT2D eigenvalue weighted by Crippen LogP contribution is -2.28. The van der Waals surface area contributed by atoms with Gasteiger partial charge in [0.25, 0.3) is 0 Å². The summed E-state index contributed by atoms with van der Waals surface area (Å²) in [6, 6.07) is 4.98. The van der Waals surface area contributed by atoms with E-state index in [2.05, 4.69) is 0 Å². The lowest BCUT2D eigenvalue weighted by molar-refractivity contribution is -0.150. The van der Waals surface area contributed by atoms with Gasteiger partial charge in [-0.2, -0.15) is 0 Å². The Balaban J connectivity index is 2.07. The Morgan fingerprint density at radius 1 is 1.56 bits per heavy atom. The molecule has 1 aromatic rings. The third-order valence-corrected chi connectivity index (χ3v) is 3.01. The summed E-state index contributed by atoms with van der Waals surface area (Å²) < 4.78 is 10.3. The van der Waals surface area contributed by atoms with Crippen molar-refractivity contribution in [1.29, 1.82) is 0 Å². The van der Waals surface area contributed by atoms with E-state index in [0.29, 0.717) is 13.0 Å². The van der Waals surface area contributed by atoms with Crippen LogP contribution in [0.4, 0.5) is 0 Å². The summed E-state index contributed by atoms with van der Waals surface area (Å²) in [6.45, 7) is 1.95. The first-order valence-corrected chi connectivity index (χ1v) is 5.97. The van der Waals surface area contributed by atoms with Crippen molar-refractivity contribution >= 4 is 5.97 Å². The van der Waals surface area contributed by atoms with Crippen LogP contribution in [-0.2, 0) is 20.7 Å². The van der Waals surface area contributed by atoms with Crippen LogP contribution in [0.15, 0.2) is 18.2 Å². The molecule has 0 saturated heterocycles. The van der Waals surface area contributed by atoms with E-state index in [0.717, 1.165) is 11.1 Å². The SMILES string of the molecule is CCOC(=O)COC1c2cccc(O)c2CC1N. The molecule has 0 heterocycles. The number of ether oxygens (including phenoxy) is 2. The number of phenolic OH excluding ortho intramolecular Hbond substituents is 1. The fourth-order valence-electron chi connectivity index (χ4n) is 2.23. The summed E-state index contributed by atoms with van der Waals surface area (Å²) in [4.78, 5) is 11.2. The average molecular weight is 251 g/mol. The van der Waals surface area contributed by atoms with Gasteiger partial charge in [0.1, 0.15) is 12.4 Å². The van der Waals surface area contributed by atoms with Crippen LogP contribution in [0.5, 0.6) is 5.75 Å². The van der Waals surface area contributed by atoms with E-state index in [1.807, 2.05) is 6.07 Å². The van der Waals surface area contributed by atoms with Crippen LogP contribution in [-0.4, -0.2) is 30.3 Å². The molecule has 0 aliphatic heterocycles. The van der Waals surface area contributed by atoms with Crippen LogP contribution in [0.1, 0.15) is 24.2 Å². The van der Waals surface area contributed by atoms with E-state index in [4.69, 9.17) is 15.2 Å². The summed E-state index contributed by atoms with van der Waals surface area (Å²) in [7, 11) is 0. The zero-order valence-electron chi connectivity index (χ0n) is 10.3. The Bertz CT molecular complexity index is 447. The zero-order valence-corrected chi connectivity index (χ0v) is 10.3. The molecule has 2 rings (SSSR count). The predicted octanol–water partition coefficient (Wildman–Crippen LogP) is 0.896. The molecule has 0 radical (unpaired) electrons. The minimum atomic E-state index is -0.404. The van der Waals surface area contributed by atoms with Crippen molar-refractivity contribution in [1.82, 2.24) is 0 Å². The Morgan fingerprint density at radius 2 is 2.33 bits per heavy atom. The van der Waals surface area contributed by atoms with Crippen LogP contribution in [0, 0.1) is 0 Å². The fraction of sp³-hybridized carbons (Fsp3) is 0.462. The monoisotopic (exact) mass is 251 g/mol. The summed E-state index contributed by atoms with van der Waals surface area (Å²) in [6.07, 6.45) is 0.187. The molecule has 0 saturated carbocycles.